The van der Waals surface area contributed by atoms with Gasteiger partial charge < -0.3 is 10.6 Å². The van der Waals surface area contributed by atoms with Gasteiger partial charge in [0, 0.05) is 30.9 Å². The van der Waals surface area contributed by atoms with Crippen molar-refractivity contribution < 1.29 is 0 Å². The molecule has 0 spiro atoms. The number of benzene rings is 2. The summed E-state index contributed by atoms with van der Waals surface area (Å²) in [6, 6.07) is 18.4. The van der Waals surface area contributed by atoms with Crippen molar-refractivity contribution in [1.29, 1.82) is 0 Å². The fourth-order valence-electron chi connectivity index (χ4n) is 2.51. The lowest BCUT2D eigenvalue weighted by molar-refractivity contribution is 1.05. The second kappa shape index (κ2) is 5.31. The molecular formula is C17H17N3. The highest BCUT2D eigenvalue weighted by Crippen LogP contribution is 2.31. The van der Waals surface area contributed by atoms with Crippen LogP contribution in [0, 0.1) is 0 Å². The molecule has 0 aliphatic rings. The van der Waals surface area contributed by atoms with Crippen molar-refractivity contribution >= 4 is 22.3 Å². The number of anilines is 2. The maximum atomic E-state index is 5.84. The second-order valence-electron chi connectivity index (χ2n) is 4.74. The number of hydrogen-bond donors (Lipinski definition) is 1. The summed E-state index contributed by atoms with van der Waals surface area (Å²) in [5.74, 6) is 0. The molecule has 0 amide bonds. The monoisotopic (exact) mass is 263 g/mol. The van der Waals surface area contributed by atoms with E-state index < -0.39 is 0 Å². The van der Waals surface area contributed by atoms with Crippen LogP contribution in [0.2, 0.25) is 0 Å². The van der Waals surface area contributed by atoms with Gasteiger partial charge in [-0.25, -0.2) is 0 Å². The molecule has 0 bridgehead atoms. The lowest BCUT2D eigenvalue weighted by Crippen LogP contribution is -2.13. The van der Waals surface area contributed by atoms with Crippen LogP contribution in [0.3, 0.4) is 0 Å². The molecule has 0 radical (unpaired) electrons. The largest absolute Gasteiger partial charge is 0.344 e. The van der Waals surface area contributed by atoms with E-state index in [2.05, 4.69) is 35.1 Å². The van der Waals surface area contributed by atoms with E-state index in [0.29, 0.717) is 6.54 Å². The molecular weight excluding hydrogens is 246 g/mol. The van der Waals surface area contributed by atoms with Crippen molar-refractivity contribution in [3.05, 3.63) is 66.4 Å². The van der Waals surface area contributed by atoms with Gasteiger partial charge in [-0.15, -0.1) is 0 Å². The number of nitrogens with two attached hydrogens (primary N) is 1. The third-order valence-electron chi connectivity index (χ3n) is 3.56. The van der Waals surface area contributed by atoms with Gasteiger partial charge in [-0.05, 0) is 23.8 Å². The molecule has 3 aromatic rings. The summed E-state index contributed by atoms with van der Waals surface area (Å²) in [7, 11) is 2.07. The van der Waals surface area contributed by atoms with Crippen LogP contribution >= 0.6 is 0 Å². The highest BCUT2D eigenvalue weighted by molar-refractivity contribution is 5.93. The number of rotatable bonds is 3. The molecule has 0 aliphatic heterocycles. The van der Waals surface area contributed by atoms with Gasteiger partial charge >= 0.3 is 0 Å². The topological polar surface area (TPSA) is 42.1 Å². The Hall–Kier alpha value is -2.39. The number of pyridine rings is 1. The van der Waals surface area contributed by atoms with Crippen molar-refractivity contribution in [2.45, 2.75) is 6.54 Å². The average molecular weight is 263 g/mol. The third kappa shape index (κ3) is 2.12. The summed E-state index contributed by atoms with van der Waals surface area (Å²) in [6.45, 7) is 0.531. The van der Waals surface area contributed by atoms with E-state index in [1.54, 1.807) is 0 Å². The molecule has 2 aromatic carbocycles. The van der Waals surface area contributed by atoms with Crippen molar-refractivity contribution in [3.63, 3.8) is 0 Å². The zero-order valence-corrected chi connectivity index (χ0v) is 11.5. The molecule has 3 heteroatoms. The molecule has 100 valence electrons. The number of aromatic nitrogens is 1. The van der Waals surface area contributed by atoms with Crippen LogP contribution in [0.15, 0.2) is 60.8 Å². The molecule has 0 atom stereocenters. The quantitative estimate of drug-likeness (QED) is 0.787. The highest BCUT2D eigenvalue weighted by atomic mass is 15.1. The molecule has 3 rings (SSSR count). The van der Waals surface area contributed by atoms with E-state index in [1.165, 1.54) is 0 Å². The van der Waals surface area contributed by atoms with Crippen LogP contribution < -0.4 is 10.6 Å². The van der Waals surface area contributed by atoms with E-state index in [4.69, 9.17) is 5.73 Å². The molecule has 0 unspecified atom stereocenters. The zero-order valence-electron chi connectivity index (χ0n) is 11.5. The van der Waals surface area contributed by atoms with E-state index in [9.17, 15) is 0 Å². The highest BCUT2D eigenvalue weighted by Gasteiger charge is 2.10. The van der Waals surface area contributed by atoms with Crippen molar-refractivity contribution in [2.24, 2.45) is 5.73 Å². The summed E-state index contributed by atoms with van der Waals surface area (Å²) >= 11 is 0. The van der Waals surface area contributed by atoms with E-state index in [1.807, 2.05) is 42.6 Å². The second-order valence-corrected chi connectivity index (χ2v) is 4.74. The van der Waals surface area contributed by atoms with Crippen LogP contribution in [0.5, 0.6) is 0 Å². The third-order valence-corrected chi connectivity index (χ3v) is 3.56. The Morgan fingerprint density at radius 2 is 1.70 bits per heavy atom. The molecule has 3 nitrogen and oxygen atoms in total. The Bertz CT molecular complexity index is 732. The average Bonchev–Trinajstić information content (AvgIpc) is 2.53. The molecule has 0 fully saturated rings. The van der Waals surface area contributed by atoms with Gasteiger partial charge in [0.15, 0.2) is 0 Å². The predicted molar refractivity (Wildman–Crippen MR) is 84.1 cm³/mol. The van der Waals surface area contributed by atoms with Gasteiger partial charge in [-0.3, -0.25) is 4.98 Å². The Labute approximate surface area is 118 Å². The van der Waals surface area contributed by atoms with Crippen LogP contribution in [0.25, 0.3) is 10.9 Å². The van der Waals surface area contributed by atoms with Gasteiger partial charge in [-0.1, -0.05) is 36.4 Å². The van der Waals surface area contributed by atoms with Gasteiger partial charge in [-0.2, -0.15) is 0 Å². The predicted octanol–water partition coefficient (Wildman–Crippen LogP) is 3.46. The molecule has 2 N–H and O–H groups in total. The molecule has 1 heterocycles. The zero-order chi connectivity index (χ0) is 13.9. The Morgan fingerprint density at radius 3 is 2.55 bits per heavy atom. The maximum absolute atomic E-state index is 5.84. The van der Waals surface area contributed by atoms with E-state index in [-0.39, 0.29) is 0 Å². The first-order valence-electron chi connectivity index (χ1n) is 6.66. The molecule has 20 heavy (non-hydrogen) atoms. The Kier molecular flexibility index (Phi) is 3.35. The Morgan fingerprint density at radius 1 is 0.950 bits per heavy atom. The van der Waals surface area contributed by atoms with Crippen LogP contribution in [-0.4, -0.2) is 12.0 Å². The molecule has 0 saturated carbocycles. The summed E-state index contributed by atoms with van der Waals surface area (Å²) in [5.41, 5.74) is 10.2. The number of para-hydroxylation sites is 2. The van der Waals surface area contributed by atoms with Crippen molar-refractivity contribution in [1.82, 2.24) is 4.98 Å². The minimum Gasteiger partial charge on any atom is -0.344 e. The van der Waals surface area contributed by atoms with Crippen LogP contribution in [-0.2, 0) is 6.54 Å². The smallest absolute Gasteiger partial charge is 0.0722 e. The van der Waals surface area contributed by atoms with E-state index >= 15 is 0 Å². The number of fused-ring (bicyclic) bond motifs is 1. The first-order chi connectivity index (χ1) is 9.81. The lowest BCUT2D eigenvalue weighted by atomic mass is 10.1. The standard InChI is InChI=1S/C17H17N3/c1-20(16-9-5-2-6-13(16)12-18)17-10-11-19-15-8-4-3-7-14(15)17/h2-11H,12,18H2,1H3. The summed E-state index contributed by atoms with van der Waals surface area (Å²) in [5, 5.41) is 1.14. The van der Waals surface area contributed by atoms with Crippen molar-refractivity contribution in [2.75, 3.05) is 11.9 Å². The molecule has 0 saturated heterocycles. The fraction of sp³-hybridized carbons (Fsp3) is 0.118. The van der Waals surface area contributed by atoms with Crippen LogP contribution in [0.1, 0.15) is 5.56 Å². The maximum Gasteiger partial charge on any atom is 0.0722 e. The minimum atomic E-state index is 0.531. The number of nitrogens with zero attached hydrogens (tertiary/aromatic N) is 2. The summed E-state index contributed by atoms with van der Waals surface area (Å²) in [4.78, 5) is 6.58. The Balaban J connectivity index is 2.15. The first kappa shape index (κ1) is 12.6. The van der Waals surface area contributed by atoms with Crippen LogP contribution in [0.4, 0.5) is 11.4 Å². The van der Waals surface area contributed by atoms with Crippen molar-refractivity contribution in [3.8, 4) is 0 Å². The SMILES string of the molecule is CN(c1ccccc1CN)c1ccnc2ccccc12. The van der Waals surface area contributed by atoms with Gasteiger partial charge in [0.1, 0.15) is 0 Å². The molecule has 0 aliphatic carbocycles. The summed E-state index contributed by atoms with van der Waals surface area (Å²) < 4.78 is 0. The van der Waals surface area contributed by atoms with Gasteiger partial charge in [0.25, 0.3) is 0 Å². The molecule has 1 aromatic heterocycles. The minimum absolute atomic E-state index is 0.531. The fourth-order valence-corrected chi connectivity index (χ4v) is 2.51. The van der Waals surface area contributed by atoms with E-state index in [0.717, 1.165) is 27.8 Å². The van der Waals surface area contributed by atoms with Gasteiger partial charge in [0.05, 0.1) is 11.2 Å². The number of hydrogen-bond acceptors (Lipinski definition) is 3. The summed E-state index contributed by atoms with van der Waals surface area (Å²) in [6.07, 6.45) is 1.85. The first-order valence-corrected chi connectivity index (χ1v) is 6.66. The van der Waals surface area contributed by atoms with Gasteiger partial charge in [0.2, 0.25) is 0 Å². The normalized spacial score (nSPS) is 10.7. The lowest BCUT2D eigenvalue weighted by Gasteiger charge is -2.23.